The minimum Gasteiger partial charge on any atom is -0.479 e. The number of aromatic nitrogens is 3. The number of likely N-dealkylation sites (N-methyl/N-ethyl adjacent to an activating group) is 1. The minimum atomic E-state index is -0.321. The third-order valence-electron chi connectivity index (χ3n) is 5.73. The van der Waals surface area contributed by atoms with Gasteiger partial charge in [0.1, 0.15) is 11.4 Å². The molecule has 1 saturated heterocycles. The lowest BCUT2D eigenvalue weighted by atomic mass is 10.1. The normalized spacial score (nSPS) is 16.0. The Balaban J connectivity index is 1.50. The summed E-state index contributed by atoms with van der Waals surface area (Å²) < 4.78 is 6.46. The number of nitrogens with one attached hydrogen (secondary N) is 1. The zero-order chi connectivity index (χ0) is 20.3. The number of hydrogen-bond acceptors (Lipinski definition) is 5. The van der Waals surface area contributed by atoms with E-state index in [1.54, 1.807) is 6.20 Å². The summed E-state index contributed by atoms with van der Waals surface area (Å²) in [6.45, 7) is 4.22. The maximum atomic E-state index is 6.46. The number of hydrogen-bond donors (Lipinski definition) is 1. The van der Waals surface area contributed by atoms with E-state index in [-0.39, 0.29) is 6.10 Å². The number of aromatic amines is 1. The lowest BCUT2D eigenvalue weighted by Gasteiger charge is -2.34. The van der Waals surface area contributed by atoms with Crippen LogP contribution >= 0.6 is 0 Å². The third kappa shape index (κ3) is 3.74. The average Bonchev–Trinajstić information content (AvgIpc) is 3.33. The fraction of sp³-hybridized carbons (Fsp3) is 0.250. The van der Waals surface area contributed by atoms with Crippen LogP contribution in [0.1, 0.15) is 17.4 Å². The maximum Gasteiger partial charge on any atom is 0.169 e. The van der Waals surface area contributed by atoms with Crippen LogP contribution in [0.3, 0.4) is 0 Å². The summed E-state index contributed by atoms with van der Waals surface area (Å²) in [5.41, 5.74) is 3.07. The van der Waals surface area contributed by atoms with Crippen LogP contribution < -0.4 is 9.64 Å². The zero-order valence-electron chi connectivity index (χ0n) is 17.0. The van der Waals surface area contributed by atoms with Crippen molar-refractivity contribution in [1.82, 2.24) is 20.3 Å². The number of rotatable bonds is 5. The van der Waals surface area contributed by atoms with Crippen LogP contribution in [0.15, 0.2) is 72.9 Å². The van der Waals surface area contributed by atoms with Crippen molar-refractivity contribution in [2.75, 3.05) is 38.1 Å². The Bertz CT molecular complexity index is 1110. The largest absolute Gasteiger partial charge is 0.479 e. The smallest absolute Gasteiger partial charge is 0.169 e. The van der Waals surface area contributed by atoms with E-state index in [0.29, 0.717) is 0 Å². The first kappa shape index (κ1) is 18.6. The van der Waals surface area contributed by atoms with Crippen LogP contribution in [0.5, 0.6) is 5.75 Å². The van der Waals surface area contributed by atoms with Gasteiger partial charge in [-0.05, 0) is 36.2 Å². The summed E-state index contributed by atoms with van der Waals surface area (Å²) >= 11 is 0. The van der Waals surface area contributed by atoms with E-state index < -0.39 is 0 Å². The van der Waals surface area contributed by atoms with Crippen molar-refractivity contribution in [1.29, 1.82) is 0 Å². The van der Waals surface area contributed by atoms with Gasteiger partial charge in [-0.3, -0.25) is 0 Å². The molecule has 6 nitrogen and oxygen atoms in total. The molecule has 3 aromatic carbocycles. The maximum absolute atomic E-state index is 6.46. The molecule has 152 valence electrons. The molecule has 0 radical (unpaired) electrons. The Morgan fingerprint density at radius 3 is 2.53 bits per heavy atom. The lowest BCUT2D eigenvalue weighted by molar-refractivity contribution is 0.242. The molecule has 1 fully saturated rings. The molecule has 1 N–H and O–H groups in total. The number of anilines is 1. The molecule has 0 saturated carbocycles. The average molecular weight is 399 g/mol. The van der Waals surface area contributed by atoms with Gasteiger partial charge in [-0.15, -0.1) is 0 Å². The molecule has 1 aromatic heterocycles. The molecule has 5 rings (SSSR count). The molecule has 1 aliphatic rings. The number of piperazine rings is 1. The number of benzene rings is 3. The van der Waals surface area contributed by atoms with Crippen molar-refractivity contribution >= 4 is 16.5 Å². The second-order valence-corrected chi connectivity index (χ2v) is 7.75. The highest BCUT2D eigenvalue weighted by Crippen LogP contribution is 2.33. The van der Waals surface area contributed by atoms with E-state index in [0.717, 1.165) is 43.2 Å². The van der Waals surface area contributed by atoms with Crippen molar-refractivity contribution in [2.24, 2.45) is 0 Å². The fourth-order valence-electron chi connectivity index (χ4n) is 4.03. The predicted molar refractivity (Wildman–Crippen MR) is 119 cm³/mol. The molecule has 6 heteroatoms. The topological polar surface area (TPSA) is 57.3 Å². The first-order valence-electron chi connectivity index (χ1n) is 10.3. The van der Waals surface area contributed by atoms with Crippen LogP contribution in [0.4, 0.5) is 5.69 Å². The summed E-state index contributed by atoms with van der Waals surface area (Å²) in [5, 5.41) is 13.4. The zero-order valence-corrected chi connectivity index (χ0v) is 17.0. The van der Waals surface area contributed by atoms with Crippen LogP contribution in [0.25, 0.3) is 10.8 Å². The molecule has 0 bridgehead atoms. The van der Waals surface area contributed by atoms with Gasteiger partial charge in [0.25, 0.3) is 0 Å². The summed E-state index contributed by atoms with van der Waals surface area (Å²) in [4.78, 5) is 4.84. The van der Waals surface area contributed by atoms with E-state index in [1.807, 2.05) is 24.3 Å². The van der Waals surface area contributed by atoms with E-state index in [2.05, 4.69) is 74.7 Å². The SMILES string of the molecule is CN1CCN(c2cccc3ccc(OC(c4ccccc4)c4cn[nH]n4)cc23)CC1. The molecule has 1 aliphatic heterocycles. The number of fused-ring (bicyclic) bond motifs is 1. The van der Waals surface area contributed by atoms with Crippen LogP contribution in [-0.4, -0.2) is 53.5 Å². The highest BCUT2D eigenvalue weighted by Gasteiger charge is 2.20. The van der Waals surface area contributed by atoms with Crippen molar-refractivity contribution in [2.45, 2.75) is 6.10 Å². The van der Waals surface area contributed by atoms with E-state index in [4.69, 9.17) is 4.74 Å². The quantitative estimate of drug-likeness (QED) is 0.552. The monoisotopic (exact) mass is 399 g/mol. The first-order valence-corrected chi connectivity index (χ1v) is 10.3. The van der Waals surface area contributed by atoms with Crippen LogP contribution in [0.2, 0.25) is 0 Å². The van der Waals surface area contributed by atoms with Gasteiger partial charge in [0, 0.05) is 37.3 Å². The van der Waals surface area contributed by atoms with Gasteiger partial charge in [0.2, 0.25) is 0 Å². The molecule has 30 heavy (non-hydrogen) atoms. The van der Waals surface area contributed by atoms with E-state index >= 15 is 0 Å². The van der Waals surface area contributed by atoms with Crippen LogP contribution in [0, 0.1) is 0 Å². The molecule has 4 aromatic rings. The van der Waals surface area contributed by atoms with Gasteiger partial charge in [0.15, 0.2) is 6.10 Å². The third-order valence-corrected chi connectivity index (χ3v) is 5.73. The lowest BCUT2D eigenvalue weighted by Crippen LogP contribution is -2.44. The Kier molecular flexibility index (Phi) is 5.07. The fourth-order valence-corrected chi connectivity index (χ4v) is 4.03. The summed E-state index contributed by atoms with van der Waals surface area (Å²) in [5.74, 6) is 0.820. The number of nitrogens with zero attached hydrogens (tertiary/aromatic N) is 4. The summed E-state index contributed by atoms with van der Waals surface area (Å²) in [7, 11) is 2.18. The van der Waals surface area contributed by atoms with Gasteiger partial charge < -0.3 is 14.5 Å². The Hall–Kier alpha value is -3.38. The van der Waals surface area contributed by atoms with Gasteiger partial charge in [-0.1, -0.05) is 48.5 Å². The van der Waals surface area contributed by atoms with E-state index in [9.17, 15) is 0 Å². The molecular weight excluding hydrogens is 374 g/mol. The Morgan fingerprint density at radius 1 is 0.933 bits per heavy atom. The predicted octanol–water partition coefficient (Wildman–Crippen LogP) is 3.88. The van der Waals surface area contributed by atoms with Gasteiger partial charge in [0.05, 0.1) is 6.20 Å². The molecular formula is C24H25N5O. The second-order valence-electron chi connectivity index (χ2n) is 7.75. The molecule has 1 unspecified atom stereocenters. The second kappa shape index (κ2) is 8.16. The summed E-state index contributed by atoms with van der Waals surface area (Å²) in [6.07, 6.45) is 1.40. The summed E-state index contributed by atoms with van der Waals surface area (Å²) in [6, 6.07) is 23.0. The first-order chi connectivity index (χ1) is 14.8. The molecule has 0 aliphatic carbocycles. The van der Waals surface area contributed by atoms with Crippen molar-refractivity contribution in [3.05, 3.63) is 84.2 Å². The number of H-pyrrole nitrogens is 1. The molecule has 2 heterocycles. The van der Waals surface area contributed by atoms with Crippen molar-refractivity contribution in [3.8, 4) is 5.75 Å². The number of ether oxygens (including phenoxy) is 1. The van der Waals surface area contributed by atoms with E-state index in [1.165, 1.54) is 16.5 Å². The highest BCUT2D eigenvalue weighted by molar-refractivity contribution is 5.95. The van der Waals surface area contributed by atoms with Crippen molar-refractivity contribution in [3.63, 3.8) is 0 Å². The minimum absolute atomic E-state index is 0.321. The van der Waals surface area contributed by atoms with Gasteiger partial charge in [-0.25, -0.2) is 0 Å². The van der Waals surface area contributed by atoms with Crippen molar-refractivity contribution < 1.29 is 4.74 Å². The van der Waals surface area contributed by atoms with Crippen LogP contribution in [-0.2, 0) is 0 Å². The van der Waals surface area contributed by atoms with Gasteiger partial charge in [-0.2, -0.15) is 15.4 Å². The highest BCUT2D eigenvalue weighted by atomic mass is 16.5. The Labute approximate surface area is 176 Å². The van der Waals surface area contributed by atoms with Gasteiger partial charge >= 0.3 is 0 Å². The standard InChI is InChI=1S/C24H25N5O/c1-28-12-14-29(15-13-28)23-9-5-8-18-10-11-20(16-21(18)23)30-24(22-17-25-27-26-22)19-6-3-2-4-7-19/h2-11,16-17,24H,12-15H2,1H3,(H,25,26,27). The molecule has 0 amide bonds. The molecule has 1 atom stereocenters. The Morgan fingerprint density at radius 2 is 1.77 bits per heavy atom. The molecule has 0 spiro atoms.